The number of pyridine rings is 1. The van der Waals surface area contributed by atoms with Crippen molar-refractivity contribution in [3.05, 3.63) is 60.0 Å². The Balaban J connectivity index is 1.70. The molecular formula is C31H35FN4O6. The van der Waals surface area contributed by atoms with Crippen LogP contribution in [0.15, 0.2) is 48.7 Å². The lowest BCUT2D eigenvalue weighted by Gasteiger charge is -2.36. The van der Waals surface area contributed by atoms with Crippen LogP contribution in [0.2, 0.25) is 0 Å². The fraction of sp³-hybridized carbons (Fsp3) is 0.355. The summed E-state index contributed by atoms with van der Waals surface area (Å²) < 4.78 is 31.2. The quantitative estimate of drug-likeness (QED) is 0.389. The van der Waals surface area contributed by atoms with Crippen LogP contribution in [-0.2, 0) is 14.3 Å². The Kier molecular flexibility index (Phi) is 8.99. The van der Waals surface area contributed by atoms with Crippen LogP contribution in [0.3, 0.4) is 0 Å². The number of anilines is 2. The highest BCUT2D eigenvalue weighted by Crippen LogP contribution is 2.41. The van der Waals surface area contributed by atoms with E-state index < -0.39 is 23.3 Å². The highest BCUT2D eigenvalue weighted by molar-refractivity contribution is 5.96. The van der Waals surface area contributed by atoms with Crippen LogP contribution in [0.25, 0.3) is 22.3 Å². The number of benzene rings is 2. The van der Waals surface area contributed by atoms with Gasteiger partial charge in [-0.15, -0.1) is 0 Å². The monoisotopic (exact) mass is 578 g/mol. The van der Waals surface area contributed by atoms with E-state index in [9.17, 15) is 18.8 Å². The number of carbonyl (C=O) groups is 3. The molecule has 11 heteroatoms. The van der Waals surface area contributed by atoms with E-state index in [1.54, 1.807) is 35.4 Å². The van der Waals surface area contributed by atoms with Gasteiger partial charge in [0.2, 0.25) is 5.91 Å². The van der Waals surface area contributed by atoms with Crippen molar-refractivity contribution in [2.45, 2.75) is 33.3 Å². The van der Waals surface area contributed by atoms with Crippen molar-refractivity contribution >= 4 is 29.5 Å². The summed E-state index contributed by atoms with van der Waals surface area (Å²) >= 11 is 0. The van der Waals surface area contributed by atoms with Gasteiger partial charge < -0.3 is 29.3 Å². The SMILES string of the molecule is COC(=O)c1cc(-c2ccnc(N3CCN(C(=O)OC(C)(C)C)CC3)c2)c(OC)c(-c2ccc(NC(C)=O)c(F)c2)c1. The number of halogens is 1. The van der Waals surface area contributed by atoms with E-state index in [4.69, 9.17) is 14.2 Å². The Labute approximate surface area is 244 Å². The average Bonchev–Trinajstić information content (AvgIpc) is 2.96. The van der Waals surface area contributed by atoms with Crippen LogP contribution < -0.4 is 15.0 Å². The van der Waals surface area contributed by atoms with Gasteiger partial charge in [0.15, 0.2) is 0 Å². The standard InChI is InChI=1S/C31H35FN4O6/c1-19(37)34-26-8-7-20(17-25(26)32)23-15-22(29(38)41-6)16-24(28(23)40-5)21-9-10-33-27(18-21)35-11-13-36(14-12-35)30(39)42-31(2,3)4/h7-10,15-18H,11-14H2,1-6H3,(H,34,37). The van der Waals surface area contributed by atoms with Gasteiger partial charge in [-0.2, -0.15) is 0 Å². The third-order valence-electron chi connectivity index (χ3n) is 6.62. The smallest absolute Gasteiger partial charge is 0.410 e. The number of ether oxygens (including phenoxy) is 3. The van der Waals surface area contributed by atoms with Crippen LogP contribution in [0, 0.1) is 5.82 Å². The van der Waals surface area contributed by atoms with Crippen molar-refractivity contribution in [3.8, 4) is 28.0 Å². The Morgan fingerprint density at radius 2 is 1.57 bits per heavy atom. The number of hydrogen-bond donors (Lipinski definition) is 1. The molecule has 2 heterocycles. The molecule has 1 saturated heterocycles. The molecule has 0 radical (unpaired) electrons. The molecule has 0 bridgehead atoms. The second-order valence-electron chi connectivity index (χ2n) is 10.8. The zero-order valence-corrected chi connectivity index (χ0v) is 24.6. The molecule has 4 rings (SSSR count). The molecule has 3 aromatic rings. The van der Waals surface area contributed by atoms with E-state index in [0.29, 0.717) is 60.0 Å². The minimum atomic E-state index is -0.633. The Bertz CT molecular complexity index is 1500. The van der Waals surface area contributed by atoms with Crippen LogP contribution >= 0.6 is 0 Å². The van der Waals surface area contributed by atoms with Crippen molar-refractivity contribution in [3.63, 3.8) is 0 Å². The molecule has 0 saturated carbocycles. The molecule has 1 aliphatic rings. The fourth-order valence-electron chi connectivity index (χ4n) is 4.69. The number of esters is 1. The number of piperazine rings is 1. The first-order valence-electron chi connectivity index (χ1n) is 13.5. The summed E-state index contributed by atoms with van der Waals surface area (Å²) in [5.74, 6) is -0.487. The zero-order chi connectivity index (χ0) is 30.6. The lowest BCUT2D eigenvalue weighted by molar-refractivity contribution is -0.114. The number of amides is 2. The summed E-state index contributed by atoms with van der Waals surface area (Å²) in [7, 11) is 2.79. The van der Waals surface area contributed by atoms with E-state index in [1.165, 1.54) is 33.3 Å². The number of nitrogens with zero attached hydrogens (tertiary/aromatic N) is 3. The Hall–Kier alpha value is -4.67. The predicted octanol–water partition coefficient (Wildman–Crippen LogP) is 5.37. The molecule has 1 aliphatic heterocycles. The predicted molar refractivity (Wildman–Crippen MR) is 157 cm³/mol. The van der Waals surface area contributed by atoms with Crippen LogP contribution in [0.5, 0.6) is 5.75 Å². The van der Waals surface area contributed by atoms with Crippen molar-refractivity contribution in [1.82, 2.24) is 9.88 Å². The van der Waals surface area contributed by atoms with Gasteiger partial charge in [0.05, 0.1) is 25.5 Å². The number of methoxy groups -OCH3 is 2. The van der Waals surface area contributed by atoms with Crippen molar-refractivity contribution in [1.29, 1.82) is 0 Å². The molecule has 1 N–H and O–H groups in total. The molecule has 1 aromatic heterocycles. The van der Waals surface area contributed by atoms with Crippen molar-refractivity contribution in [2.75, 3.05) is 50.6 Å². The summed E-state index contributed by atoms with van der Waals surface area (Å²) in [6, 6.07) is 11.3. The molecule has 222 valence electrons. The first-order chi connectivity index (χ1) is 19.9. The molecule has 2 amide bonds. The highest BCUT2D eigenvalue weighted by atomic mass is 19.1. The van der Waals surface area contributed by atoms with Gasteiger partial charge in [0, 0.05) is 50.4 Å². The van der Waals surface area contributed by atoms with Gasteiger partial charge in [0.25, 0.3) is 0 Å². The number of nitrogens with one attached hydrogen (secondary N) is 1. The molecule has 2 aromatic carbocycles. The Morgan fingerprint density at radius 1 is 0.929 bits per heavy atom. The van der Waals surface area contributed by atoms with Gasteiger partial charge >= 0.3 is 12.1 Å². The normalized spacial score (nSPS) is 13.4. The second-order valence-corrected chi connectivity index (χ2v) is 10.8. The highest BCUT2D eigenvalue weighted by Gasteiger charge is 2.27. The van der Waals surface area contributed by atoms with E-state index in [-0.39, 0.29) is 17.3 Å². The Morgan fingerprint density at radius 3 is 2.12 bits per heavy atom. The van der Waals surface area contributed by atoms with E-state index in [2.05, 4.69) is 15.2 Å². The van der Waals surface area contributed by atoms with E-state index in [0.717, 1.165) is 0 Å². The van der Waals surface area contributed by atoms with Crippen LogP contribution in [0.1, 0.15) is 38.1 Å². The van der Waals surface area contributed by atoms with Crippen LogP contribution in [-0.4, -0.2) is 73.9 Å². The third kappa shape index (κ3) is 6.96. The number of rotatable bonds is 6. The molecular weight excluding hydrogens is 543 g/mol. The average molecular weight is 579 g/mol. The maximum Gasteiger partial charge on any atom is 0.410 e. The molecule has 0 unspecified atom stereocenters. The molecule has 1 fully saturated rings. The first-order valence-corrected chi connectivity index (χ1v) is 13.5. The minimum Gasteiger partial charge on any atom is -0.495 e. The molecule has 42 heavy (non-hydrogen) atoms. The zero-order valence-electron chi connectivity index (χ0n) is 24.6. The molecule has 10 nitrogen and oxygen atoms in total. The summed E-state index contributed by atoms with van der Waals surface area (Å²) in [6.45, 7) is 8.87. The minimum absolute atomic E-state index is 0.0418. The van der Waals surface area contributed by atoms with E-state index in [1.807, 2.05) is 26.8 Å². The van der Waals surface area contributed by atoms with Gasteiger partial charge in [-0.1, -0.05) is 6.07 Å². The summed E-state index contributed by atoms with van der Waals surface area (Å²) in [5.41, 5.74) is 1.93. The summed E-state index contributed by atoms with van der Waals surface area (Å²) in [5, 5.41) is 2.45. The number of aromatic nitrogens is 1. The molecule has 0 aliphatic carbocycles. The largest absolute Gasteiger partial charge is 0.495 e. The fourth-order valence-corrected chi connectivity index (χ4v) is 4.69. The van der Waals surface area contributed by atoms with Crippen molar-refractivity contribution < 1.29 is 33.0 Å². The molecule has 0 atom stereocenters. The summed E-state index contributed by atoms with van der Waals surface area (Å²) in [6.07, 6.45) is 1.32. The van der Waals surface area contributed by atoms with Gasteiger partial charge in [0.1, 0.15) is 23.0 Å². The summed E-state index contributed by atoms with van der Waals surface area (Å²) in [4.78, 5) is 44.9. The maximum atomic E-state index is 14.9. The maximum absolute atomic E-state index is 14.9. The first kappa shape index (κ1) is 30.3. The number of hydrogen-bond acceptors (Lipinski definition) is 8. The lowest BCUT2D eigenvalue weighted by atomic mass is 9.94. The molecule has 0 spiro atoms. The van der Waals surface area contributed by atoms with Gasteiger partial charge in [-0.05, 0) is 68.3 Å². The topological polar surface area (TPSA) is 110 Å². The lowest BCUT2D eigenvalue weighted by Crippen LogP contribution is -2.50. The second kappa shape index (κ2) is 12.5. The van der Waals surface area contributed by atoms with Crippen molar-refractivity contribution in [2.24, 2.45) is 0 Å². The van der Waals surface area contributed by atoms with Crippen LogP contribution in [0.4, 0.5) is 20.7 Å². The third-order valence-corrected chi connectivity index (χ3v) is 6.62. The van der Waals surface area contributed by atoms with E-state index >= 15 is 0 Å². The number of carbonyl (C=O) groups excluding carboxylic acids is 3. The van der Waals surface area contributed by atoms with Gasteiger partial charge in [-0.3, -0.25) is 4.79 Å². The van der Waals surface area contributed by atoms with Gasteiger partial charge in [-0.25, -0.2) is 19.0 Å².